The SMILES string of the molecule is CCCCCCCCCCCCCCC[Si](CCCCCCCCCCCCCCC)CCCCCCCCCCCCCCC. The van der Waals surface area contributed by atoms with Crippen LogP contribution in [0.15, 0.2) is 0 Å². The second-order valence-corrected chi connectivity index (χ2v) is 18.7. The second-order valence-electron chi connectivity index (χ2n) is 15.7. The molecule has 0 aliphatic heterocycles. The summed E-state index contributed by atoms with van der Waals surface area (Å²) in [6, 6.07) is 4.91. The molecule has 0 saturated heterocycles. The molecule has 0 aromatic rings. The zero-order valence-corrected chi connectivity index (χ0v) is 34.2. The molecule has 0 aliphatic rings. The van der Waals surface area contributed by atoms with Gasteiger partial charge in [-0.15, -0.1) is 0 Å². The van der Waals surface area contributed by atoms with Crippen molar-refractivity contribution in [1.29, 1.82) is 0 Å². The highest BCUT2D eigenvalue weighted by Gasteiger charge is 2.11. The Kier molecular flexibility index (Phi) is 43.4. The van der Waals surface area contributed by atoms with Crippen LogP contribution in [-0.4, -0.2) is 8.80 Å². The van der Waals surface area contributed by atoms with Gasteiger partial charge in [0.15, 0.2) is 0 Å². The highest BCUT2D eigenvalue weighted by atomic mass is 28.3. The van der Waals surface area contributed by atoms with Gasteiger partial charge in [-0.25, -0.2) is 0 Å². The van der Waals surface area contributed by atoms with Gasteiger partial charge in [-0.05, 0) is 0 Å². The van der Waals surface area contributed by atoms with E-state index in [-0.39, 0.29) is 8.80 Å². The lowest BCUT2D eigenvalue weighted by molar-refractivity contribution is 0.540. The van der Waals surface area contributed by atoms with Gasteiger partial charge in [0.05, 0.1) is 0 Å². The van der Waals surface area contributed by atoms with Crippen molar-refractivity contribution in [3.05, 3.63) is 0 Å². The molecule has 0 fully saturated rings. The van der Waals surface area contributed by atoms with Gasteiger partial charge in [0.25, 0.3) is 0 Å². The van der Waals surface area contributed by atoms with Crippen molar-refractivity contribution < 1.29 is 0 Å². The van der Waals surface area contributed by atoms with Crippen molar-refractivity contribution in [2.24, 2.45) is 0 Å². The zero-order chi connectivity index (χ0) is 33.3. The summed E-state index contributed by atoms with van der Waals surface area (Å²) in [6.45, 7) is 6.97. The summed E-state index contributed by atoms with van der Waals surface area (Å²) < 4.78 is 0. The molecule has 0 bridgehead atoms. The van der Waals surface area contributed by atoms with Crippen LogP contribution < -0.4 is 0 Å². The molecule has 0 aromatic heterocycles. The van der Waals surface area contributed by atoms with Crippen molar-refractivity contribution in [3.8, 4) is 0 Å². The molecule has 0 nitrogen and oxygen atoms in total. The molecule has 0 atom stereocenters. The molecule has 0 saturated carbocycles. The molecule has 1 heteroatoms. The van der Waals surface area contributed by atoms with Gasteiger partial charge in [0.2, 0.25) is 0 Å². The molecule has 0 rings (SSSR count). The van der Waals surface area contributed by atoms with E-state index in [1.165, 1.54) is 231 Å². The third kappa shape index (κ3) is 40.4. The van der Waals surface area contributed by atoms with E-state index in [9.17, 15) is 0 Å². The highest BCUT2D eigenvalue weighted by Crippen LogP contribution is 2.22. The van der Waals surface area contributed by atoms with Gasteiger partial charge in [-0.1, -0.05) is 289 Å². The zero-order valence-electron chi connectivity index (χ0n) is 33.2. The van der Waals surface area contributed by atoms with Crippen molar-refractivity contribution in [2.45, 2.75) is 289 Å². The first-order valence-corrected chi connectivity index (χ1v) is 24.8. The predicted molar refractivity (Wildman–Crippen MR) is 217 cm³/mol. The fraction of sp³-hybridized carbons (Fsp3) is 1.00. The maximum Gasteiger partial charge on any atom is 0.0479 e. The highest BCUT2D eigenvalue weighted by molar-refractivity contribution is 6.58. The second kappa shape index (κ2) is 43.2. The van der Waals surface area contributed by atoms with E-state index >= 15 is 0 Å². The average molecular weight is 662 g/mol. The maximum absolute atomic E-state index is 2.32. The molecule has 0 unspecified atom stereocenters. The van der Waals surface area contributed by atoms with Gasteiger partial charge in [0.1, 0.15) is 0 Å². The maximum atomic E-state index is 2.32. The quantitative estimate of drug-likeness (QED) is 0.0451. The first-order valence-electron chi connectivity index (χ1n) is 22.7. The molecule has 1 radical (unpaired) electrons. The van der Waals surface area contributed by atoms with Crippen LogP contribution in [0.1, 0.15) is 271 Å². The van der Waals surface area contributed by atoms with Crippen LogP contribution in [-0.2, 0) is 0 Å². The molecular formula is C45H93Si. The fourth-order valence-corrected chi connectivity index (χ4v) is 10.6. The van der Waals surface area contributed by atoms with Crippen LogP contribution in [0.25, 0.3) is 0 Å². The van der Waals surface area contributed by atoms with Crippen LogP contribution in [0.5, 0.6) is 0 Å². The lowest BCUT2D eigenvalue weighted by Crippen LogP contribution is -2.12. The summed E-state index contributed by atoms with van der Waals surface area (Å²) in [4.78, 5) is 0. The summed E-state index contributed by atoms with van der Waals surface area (Å²) in [5.41, 5.74) is 0. The van der Waals surface area contributed by atoms with Crippen LogP contribution in [0.3, 0.4) is 0 Å². The van der Waals surface area contributed by atoms with Crippen LogP contribution in [0, 0.1) is 0 Å². The Bertz CT molecular complexity index is 430. The molecule has 0 heterocycles. The number of unbranched alkanes of at least 4 members (excludes halogenated alkanes) is 36. The topological polar surface area (TPSA) is 0 Å². The molecule has 0 aromatic carbocycles. The van der Waals surface area contributed by atoms with Crippen LogP contribution >= 0.6 is 0 Å². The molecule has 0 amide bonds. The minimum Gasteiger partial charge on any atom is -0.0654 e. The fourth-order valence-electron chi connectivity index (χ4n) is 7.55. The number of rotatable bonds is 42. The van der Waals surface area contributed by atoms with Gasteiger partial charge in [0, 0.05) is 8.80 Å². The summed E-state index contributed by atoms with van der Waals surface area (Å²) >= 11 is 0. The minimum absolute atomic E-state index is 0.0863. The molecule has 0 N–H and O–H groups in total. The van der Waals surface area contributed by atoms with Crippen molar-refractivity contribution >= 4 is 8.80 Å². The molecular weight excluding hydrogens is 569 g/mol. The summed E-state index contributed by atoms with van der Waals surface area (Å²) in [5.74, 6) is 0. The smallest absolute Gasteiger partial charge is 0.0479 e. The Morgan fingerprint density at radius 1 is 0.174 bits per heavy atom. The Balaban J connectivity index is 3.91. The van der Waals surface area contributed by atoms with Crippen molar-refractivity contribution in [2.75, 3.05) is 0 Å². The standard InChI is InChI=1S/C45H93Si/c1-4-7-10-13-16-19-22-25-28-31-34-37-40-43-46(44-41-38-35-32-29-26-23-20-17-14-11-8-5-2)45-42-39-36-33-30-27-24-21-18-15-12-9-6-3/h4-45H2,1-3H3. The molecule has 46 heavy (non-hydrogen) atoms. The van der Waals surface area contributed by atoms with E-state index in [1.54, 1.807) is 37.4 Å². The normalized spacial score (nSPS) is 11.7. The lowest BCUT2D eigenvalue weighted by Gasteiger charge is -2.15. The number of hydrogen-bond donors (Lipinski definition) is 0. The van der Waals surface area contributed by atoms with E-state index < -0.39 is 0 Å². The Morgan fingerprint density at radius 3 is 0.457 bits per heavy atom. The Morgan fingerprint density at radius 2 is 0.304 bits per heavy atom. The van der Waals surface area contributed by atoms with Crippen LogP contribution in [0.2, 0.25) is 18.1 Å². The largest absolute Gasteiger partial charge is 0.0654 e. The average Bonchev–Trinajstić information content (AvgIpc) is 3.07. The predicted octanol–water partition coefficient (Wildman–Crippen LogP) is 17.8. The molecule has 277 valence electrons. The van der Waals surface area contributed by atoms with Gasteiger partial charge >= 0.3 is 0 Å². The van der Waals surface area contributed by atoms with E-state index in [0.29, 0.717) is 0 Å². The number of hydrogen-bond acceptors (Lipinski definition) is 0. The van der Waals surface area contributed by atoms with E-state index in [0.717, 1.165) is 0 Å². The van der Waals surface area contributed by atoms with E-state index in [2.05, 4.69) is 20.8 Å². The van der Waals surface area contributed by atoms with Gasteiger partial charge in [-0.3, -0.25) is 0 Å². The van der Waals surface area contributed by atoms with Crippen LogP contribution in [0.4, 0.5) is 0 Å². The minimum atomic E-state index is -0.0863. The Labute approximate surface area is 297 Å². The first-order chi connectivity index (χ1) is 22.8. The monoisotopic (exact) mass is 662 g/mol. The lowest BCUT2D eigenvalue weighted by atomic mass is 10.0. The third-order valence-corrected chi connectivity index (χ3v) is 14.1. The third-order valence-electron chi connectivity index (χ3n) is 10.9. The summed E-state index contributed by atoms with van der Waals surface area (Å²) in [7, 11) is -0.0863. The van der Waals surface area contributed by atoms with Crippen molar-refractivity contribution in [1.82, 2.24) is 0 Å². The van der Waals surface area contributed by atoms with E-state index in [1.807, 2.05) is 0 Å². The molecule has 0 aliphatic carbocycles. The van der Waals surface area contributed by atoms with Gasteiger partial charge in [-0.2, -0.15) is 0 Å². The first kappa shape index (κ1) is 46.2. The summed E-state index contributed by atoms with van der Waals surface area (Å²) in [5, 5.41) is 0. The molecule has 0 spiro atoms. The summed E-state index contributed by atoms with van der Waals surface area (Å²) in [6.07, 6.45) is 58.1. The van der Waals surface area contributed by atoms with E-state index in [4.69, 9.17) is 0 Å². The van der Waals surface area contributed by atoms with Crippen molar-refractivity contribution in [3.63, 3.8) is 0 Å². The Hall–Kier alpha value is 0.217. The van der Waals surface area contributed by atoms with Gasteiger partial charge < -0.3 is 0 Å².